The minimum Gasteiger partial charge on any atom is -0.379 e. The molecule has 0 aromatic heterocycles. The number of likely N-dealkylation sites (N-methyl/N-ethyl adjacent to an activating group) is 1. The summed E-state index contributed by atoms with van der Waals surface area (Å²) in [4.78, 5) is 2.09. The fourth-order valence-electron chi connectivity index (χ4n) is 0.789. The SMILES string of the molecule is [CH2]COCCOCCOCCN(C)C. The van der Waals surface area contributed by atoms with Crippen molar-refractivity contribution in [2.24, 2.45) is 0 Å². The summed E-state index contributed by atoms with van der Waals surface area (Å²) in [5.41, 5.74) is 0. The van der Waals surface area contributed by atoms with Gasteiger partial charge in [-0.25, -0.2) is 0 Å². The van der Waals surface area contributed by atoms with Crippen LogP contribution >= 0.6 is 0 Å². The van der Waals surface area contributed by atoms with E-state index in [9.17, 15) is 0 Å². The smallest absolute Gasteiger partial charge is 0.0701 e. The van der Waals surface area contributed by atoms with E-state index in [2.05, 4.69) is 11.8 Å². The van der Waals surface area contributed by atoms with Crippen molar-refractivity contribution in [1.29, 1.82) is 0 Å². The zero-order chi connectivity index (χ0) is 10.6. The summed E-state index contributed by atoms with van der Waals surface area (Å²) < 4.78 is 15.6. The Morgan fingerprint density at radius 3 is 1.86 bits per heavy atom. The van der Waals surface area contributed by atoms with Crippen molar-refractivity contribution < 1.29 is 14.2 Å². The molecule has 0 aliphatic rings. The van der Waals surface area contributed by atoms with Crippen LogP contribution in [0.25, 0.3) is 0 Å². The maximum atomic E-state index is 5.33. The van der Waals surface area contributed by atoms with Gasteiger partial charge in [0.2, 0.25) is 0 Å². The largest absolute Gasteiger partial charge is 0.379 e. The molecular weight excluding hydrogens is 182 g/mol. The molecule has 4 nitrogen and oxygen atoms in total. The minimum absolute atomic E-state index is 0.503. The molecule has 0 saturated carbocycles. The number of nitrogens with zero attached hydrogens (tertiary/aromatic N) is 1. The van der Waals surface area contributed by atoms with Crippen LogP contribution in [0.5, 0.6) is 0 Å². The number of hydrogen-bond donors (Lipinski definition) is 0. The van der Waals surface area contributed by atoms with Gasteiger partial charge in [0.1, 0.15) is 0 Å². The van der Waals surface area contributed by atoms with E-state index in [1.807, 2.05) is 14.1 Å². The van der Waals surface area contributed by atoms with Crippen LogP contribution in [0, 0.1) is 6.92 Å². The summed E-state index contributed by atoms with van der Waals surface area (Å²) >= 11 is 0. The molecule has 0 aromatic carbocycles. The van der Waals surface area contributed by atoms with Gasteiger partial charge in [-0.1, -0.05) is 0 Å². The Bertz CT molecular complexity index is 110. The summed E-state index contributed by atoms with van der Waals surface area (Å²) in [6.07, 6.45) is 0. The second kappa shape index (κ2) is 10.9. The highest BCUT2D eigenvalue weighted by Crippen LogP contribution is 1.82. The van der Waals surface area contributed by atoms with E-state index >= 15 is 0 Å². The highest BCUT2D eigenvalue weighted by atomic mass is 16.5. The molecule has 1 radical (unpaired) electrons. The van der Waals surface area contributed by atoms with Gasteiger partial charge in [0.05, 0.1) is 33.0 Å². The zero-order valence-corrected chi connectivity index (χ0v) is 9.33. The maximum Gasteiger partial charge on any atom is 0.0701 e. The Labute approximate surface area is 87.1 Å². The second-order valence-corrected chi connectivity index (χ2v) is 3.14. The number of ether oxygens (including phenoxy) is 3. The molecule has 4 heteroatoms. The molecule has 14 heavy (non-hydrogen) atoms. The Morgan fingerprint density at radius 1 is 0.857 bits per heavy atom. The predicted molar refractivity (Wildman–Crippen MR) is 56.4 cm³/mol. The van der Waals surface area contributed by atoms with Crippen molar-refractivity contribution >= 4 is 0 Å². The van der Waals surface area contributed by atoms with Gasteiger partial charge in [-0.15, -0.1) is 0 Å². The van der Waals surface area contributed by atoms with Crippen molar-refractivity contribution in [3.8, 4) is 0 Å². The van der Waals surface area contributed by atoms with Crippen molar-refractivity contribution in [3.05, 3.63) is 6.92 Å². The molecule has 0 rings (SSSR count). The minimum atomic E-state index is 0.503. The van der Waals surface area contributed by atoms with Crippen LogP contribution in [0.4, 0.5) is 0 Å². The third kappa shape index (κ3) is 11.8. The first-order valence-corrected chi connectivity index (χ1v) is 4.94. The molecule has 0 amide bonds. The highest BCUT2D eigenvalue weighted by molar-refractivity contribution is 4.40. The molecule has 0 aromatic rings. The highest BCUT2D eigenvalue weighted by Gasteiger charge is 1.91. The zero-order valence-electron chi connectivity index (χ0n) is 9.33. The van der Waals surface area contributed by atoms with Crippen molar-refractivity contribution in [2.75, 3.05) is 60.3 Å². The average molecular weight is 204 g/mol. The third-order valence-electron chi connectivity index (χ3n) is 1.57. The standard InChI is InChI=1S/C10H22NO3/c1-4-12-7-8-14-10-9-13-6-5-11(2)3/h1,4-10H2,2-3H3. The fourth-order valence-corrected chi connectivity index (χ4v) is 0.789. The van der Waals surface area contributed by atoms with Crippen LogP contribution in [0.1, 0.15) is 0 Å². The van der Waals surface area contributed by atoms with E-state index < -0.39 is 0 Å². The fraction of sp³-hybridized carbons (Fsp3) is 0.900. The van der Waals surface area contributed by atoms with Crippen LogP contribution in [0.2, 0.25) is 0 Å². The first-order chi connectivity index (χ1) is 6.77. The normalized spacial score (nSPS) is 11.1. The predicted octanol–water partition coefficient (Wildman–Crippen LogP) is 0.432. The van der Waals surface area contributed by atoms with E-state index in [1.165, 1.54) is 0 Å². The van der Waals surface area contributed by atoms with Gasteiger partial charge in [-0.3, -0.25) is 0 Å². The molecule has 0 spiro atoms. The molecule has 0 N–H and O–H groups in total. The molecule has 0 fully saturated rings. The average Bonchev–Trinajstić information content (AvgIpc) is 2.15. The van der Waals surface area contributed by atoms with Gasteiger partial charge < -0.3 is 19.1 Å². The molecule has 0 aliphatic heterocycles. The Morgan fingerprint density at radius 2 is 1.36 bits per heavy atom. The van der Waals surface area contributed by atoms with E-state index in [1.54, 1.807) is 0 Å². The van der Waals surface area contributed by atoms with Gasteiger partial charge in [0.15, 0.2) is 0 Å². The van der Waals surface area contributed by atoms with E-state index in [-0.39, 0.29) is 0 Å². The summed E-state index contributed by atoms with van der Waals surface area (Å²) in [5.74, 6) is 0. The molecular formula is C10H22NO3. The monoisotopic (exact) mass is 204 g/mol. The molecule has 0 aliphatic carbocycles. The first-order valence-electron chi connectivity index (χ1n) is 4.94. The lowest BCUT2D eigenvalue weighted by atomic mass is 10.6. The first kappa shape index (κ1) is 13.8. The third-order valence-corrected chi connectivity index (χ3v) is 1.57. The van der Waals surface area contributed by atoms with Crippen LogP contribution in [0.15, 0.2) is 0 Å². The van der Waals surface area contributed by atoms with Crippen LogP contribution < -0.4 is 0 Å². The van der Waals surface area contributed by atoms with Crippen molar-refractivity contribution in [2.45, 2.75) is 0 Å². The van der Waals surface area contributed by atoms with E-state index in [0.717, 1.165) is 13.2 Å². The summed E-state index contributed by atoms with van der Waals surface area (Å²) in [6.45, 7) is 8.27. The topological polar surface area (TPSA) is 30.9 Å². The van der Waals surface area contributed by atoms with Gasteiger partial charge in [0.25, 0.3) is 0 Å². The molecule has 85 valence electrons. The Kier molecular flexibility index (Phi) is 10.8. The quantitative estimate of drug-likeness (QED) is 0.483. The van der Waals surface area contributed by atoms with E-state index in [0.29, 0.717) is 33.0 Å². The number of hydrogen-bond acceptors (Lipinski definition) is 4. The second-order valence-electron chi connectivity index (χ2n) is 3.14. The maximum absolute atomic E-state index is 5.33. The Hall–Kier alpha value is -0.160. The van der Waals surface area contributed by atoms with Crippen LogP contribution in [-0.4, -0.2) is 65.2 Å². The van der Waals surface area contributed by atoms with Gasteiger partial charge in [-0.2, -0.15) is 0 Å². The van der Waals surface area contributed by atoms with Crippen LogP contribution in [0.3, 0.4) is 0 Å². The summed E-state index contributed by atoms with van der Waals surface area (Å²) in [6, 6.07) is 0. The lowest BCUT2D eigenvalue weighted by Gasteiger charge is -2.09. The van der Waals surface area contributed by atoms with E-state index in [4.69, 9.17) is 14.2 Å². The Balaban J connectivity index is 2.85. The molecule has 0 heterocycles. The number of rotatable bonds is 10. The van der Waals surface area contributed by atoms with Crippen molar-refractivity contribution in [3.63, 3.8) is 0 Å². The van der Waals surface area contributed by atoms with Crippen LogP contribution in [-0.2, 0) is 14.2 Å². The van der Waals surface area contributed by atoms with Crippen molar-refractivity contribution in [1.82, 2.24) is 4.90 Å². The molecule has 0 bridgehead atoms. The summed E-state index contributed by atoms with van der Waals surface area (Å²) in [5, 5.41) is 0. The van der Waals surface area contributed by atoms with Gasteiger partial charge in [0, 0.05) is 13.2 Å². The summed E-state index contributed by atoms with van der Waals surface area (Å²) in [7, 11) is 4.05. The molecule has 0 atom stereocenters. The van der Waals surface area contributed by atoms with Gasteiger partial charge in [-0.05, 0) is 21.0 Å². The lowest BCUT2D eigenvalue weighted by Crippen LogP contribution is -2.19. The van der Waals surface area contributed by atoms with Gasteiger partial charge >= 0.3 is 0 Å². The lowest BCUT2D eigenvalue weighted by molar-refractivity contribution is 0.0168. The molecule has 0 saturated heterocycles. The molecule has 0 unspecified atom stereocenters.